The molecule has 3 nitrogen and oxygen atoms in total. The quantitative estimate of drug-likeness (QED) is 0.505. The number of aromatic amines is 1. The van der Waals surface area contributed by atoms with Gasteiger partial charge in [-0.3, -0.25) is 5.10 Å². The molecule has 8 heavy (non-hydrogen) atoms. The summed E-state index contributed by atoms with van der Waals surface area (Å²) in [5, 5.41) is 6.16. The lowest BCUT2D eigenvalue weighted by atomic mass is 10.5. The zero-order chi connectivity index (χ0) is 5.98. The van der Waals surface area contributed by atoms with Crippen LogP contribution in [0.5, 0.6) is 0 Å². The summed E-state index contributed by atoms with van der Waals surface area (Å²) in [7, 11) is 0. The molecule has 0 saturated carbocycles. The fourth-order valence-electron chi connectivity index (χ4n) is 0.393. The molecule has 0 unspecified atom stereocenters. The number of aromatic nitrogens is 2. The zero-order valence-electron chi connectivity index (χ0n) is 4.09. The van der Waals surface area contributed by atoms with E-state index in [2.05, 4.69) is 10.2 Å². The molecule has 1 rings (SSSR count). The SMILES string of the molecule is Nc1cc(=S)cn[nH]1. The maximum atomic E-state index is 5.27. The van der Waals surface area contributed by atoms with Gasteiger partial charge < -0.3 is 5.73 Å². The van der Waals surface area contributed by atoms with Gasteiger partial charge in [0, 0.05) is 0 Å². The second-order valence-electron chi connectivity index (χ2n) is 1.37. The van der Waals surface area contributed by atoms with Crippen molar-refractivity contribution in [1.82, 2.24) is 10.2 Å². The highest BCUT2D eigenvalue weighted by atomic mass is 32.1. The van der Waals surface area contributed by atoms with E-state index in [0.29, 0.717) is 10.3 Å². The van der Waals surface area contributed by atoms with E-state index in [1.165, 1.54) is 6.20 Å². The van der Waals surface area contributed by atoms with Gasteiger partial charge in [0.1, 0.15) is 5.82 Å². The number of hydrogen-bond donors (Lipinski definition) is 2. The normalized spacial score (nSPS) is 9.00. The third kappa shape index (κ3) is 1.04. The predicted octanol–water partition coefficient (Wildman–Crippen LogP) is 0.721. The maximum absolute atomic E-state index is 5.27. The molecule has 0 aromatic carbocycles. The number of nitrogens with one attached hydrogen (secondary N) is 1. The van der Waals surface area contributed by atoms with E-state index >= 15 is 0 Å². The molecule has 1 aromatic rings. The smallest absolute Gasteiger partial charge is 0.118 e. The van der Waals surface area contributed by atoms with Crippen molar-refractivity contribution in [3.63, 3.8) is 0 Å². The summed E-state index contributed by atoms with van der Waals surface area (Å²) in [4.78, 5) is 0. The molecule has 42 valence electrons. The first kappa shape index (κ1) is 5.24. The molecule has 0 fully saturated rings. The van der Waals surface area contributed by atoms with Crippen molar-refractivity contribution in [2.45, 2.75) is 0 Å². The van der Waals surface area contributed by atoms with Gasteiger partial charge in [-0.25, -0.2) is 0 Å². The van der Waals surface area contributed by atoms with Crippen molar-refractivity contribution in [1.29, 1.82) is 0 Å². The summed E-state index contributed by atoms with van der Waals surface area (Å²) in [6.07, 6.45) is 1.53. The highest BCUT2D eigenvalue weighted by molar-refractivity contribution is 7.71. The lowest BCUT2D eigenvalue weighted by molar-refractivity contribution is 1.04. The molecule has 0 aliphatic heterocycles. The van der Waals surface area contributed by atoms with Crippen LogP contribution in [0, 0.1) is 4.51 Å². The Balaban J connectivity index is 3.28. The van der Waals surface area contributed by atoms with Gasteiger partial charge in [-0.15, -0.1) is 0 Å². The minimum absolute atomic E-state index is 0.498. The zero-order valence-corrected chi connectivity index (χ0v) is 4.90. The van der Waals surface area contributed by atoms with Gasteiger partial charge in [0.2, 0.25) is 0 Å². The molecule has 0 aliphatic carbocycles. The Labute approximate surface area is 51.5 Å². The summed E-state index contributed by atoms with van der Waals surface area (Å²) >= 11 is 4.74. The topological polar surface area (TPSA) is 54.7 Å². The summed E-state index contributed by atoms with van der Waals surface area (Å²) in [5.41, 5.74) is 5.27. The maximum Gasteiger partial charge on any atom is 0.118 e. The largest absolute Gasteiger partial charge is 0.384 e. The van der Waals surface area contributed by atoms with Crippen LogP contribution in [0.2, 0.25) is 0 Å². The Hall–Kier alpha value is -0.900. The molecular weight excluding hydrogens is 122 g/mol. The van der Waals surface area contributed by atoms with Crippen LogP contribution < -0.4 is 5.73 Å². The highest BCUT2D eigenvalue weighted by Crippen LogP contribution is 1.91. The minimum Gasteiger partial charge on any atom is -0.384 e. The van der Waals surface area contributed by atoms with E-state index in [1.807, 2.05) is 0 Å². The highest BCUT2D eigenvalue weighted by Gasteiger charge is 1.78. The molecule has 0 saturated heterocycles. The number of nitrogen functional groups attached to an aromatic ring is 1. The Morgan fingerprint density at radius 1 is 1.75 bits per heavy atom. The van der Waals surface area contributed by atoms with Gasteiger partial charge in [-0.05, 0) is 6.07 Å². The van der Waals surface area contributed by atoms with Crippen molar-refractivity contribution in [3.05, 3.63) is 16.8 Å². The Kier molecular flexibility index (Phi) is 1.26. The third-order valence-corrected chi connectivity index (χ3v) is 0.906. The van der Waals surface area contributed by atoms with Gasteiger partial charge in [0.25, 0.3) is 0 Å². The summed E-state index contributed by atoms with van der Waals surface area (Å²) < 4.78 is 0.654. The van der Waals surface area contributed by atoms with Gasteiger partial charge >= 0.3 is 0 Å². The number of anilines is 1. The number of rotatable bonds is 0. The van der Waals surface area contributed by atoms with Crippen molar-refractivity contribution < 1.29 is 0 Å². The van der Waals surface area contributed by atoms with Crippen LogP contribution in [0.4, 0.5) is 5.82 Å². The van der Waals surface area contributed by atoms with Crippen LogP contribution in [0.25, 0.3) is 0 Å². The Bertz CT molecular complexity index is 229. The Morgan fingerprint density at radius 3 is 2.88 bits per heavy atom. The second-order valence-corrected chi connectivity index (χ2v) is 1.84. The van der Waals surface area contributed by atoms with Crippen molar-refractivity contribution in [2.24, 2.45) is 0 Å². The van der Waals surface area contributed by atoms with E-state index in [-0.39, 0.29) is 0 Å². The molecular formula is C4H5N3S. The molecule has 1 aromatic heterocycles. The van der Waals surface area contributed by atoms with Crippen LogP contribution in [0.3, 0.4) is 0 Å². The third-order valence-electron chi connectivity index (χ3n) is 0.683. The minimum atomic E-state index is 0.498. The molecule has 1 heterocycles. The van der Waals surface area contributed by atoms with E-state index < -0.39 is 0 Å². The van der Waals surface area contributed by atoms with Crippen molar-refractivity contribution in [2.75, 3.05) is 5.73 Å². The average Bonchev–Trinajstić information content (AvgIpc) is 1.64. The van der Waals surface area contributed by atoms with Crippen LogP contribution in [0.1, 0.15) is 0 Å². The van der Waals surface area contributed by atoms with Crippen LogP contribution in [-0.4, -0.2) is 10.2 Å². The first-order valence-electron chi connectivity index (χ1n) is 2.09. The fraction of sp³-hybridized carbons (Fsp3) is 0. The summed E-state index contributed by atoms with van der Waals surface area (Å²) in [5.74, 6) is 0.498. The van der Waals surface area contributed by atoms with E-state index in [9.17, 15) is 0 Å². The summed E-state index contributed by atoms with van der Waals surface area (Å²) in [6, 6.07) is 1.64. The molecule has 0 spiro atoms. The van der Waals surface area contributed by atoms with Gasteiger partial charge in [0.15, 0.2) is 0 Å². The van der Waals surface area contributed by atoms with E-state index in [0.717, 1.165) is 0 Å². The molecule has 0 atom stereocenters. The first-order valence-corrected chi connectivity index (χ1v) is 2.50. The average molecular weight is 127 g/mol. The molecule has 0 amide bonds. The number of H-pyrrole nitrogens is 1. The van der Waals surface area contributed by atoms with Crippen LogP contribution in [0.15, 0.2) is 12.3 Å². The van der Waals surface area contributed by atoms with Crippen LogP contribution in [-0.2, 0) is 0 Å². The standard InChI is InChI=1S/C4H5N3S/c5-4-1-3(8)2-6-7-4/h1-2H,(H3,5,7,8). The lowest BCUT2D eigenvalue weighted by Crippen LogP contribution is -1.90. The van der Waals surface area contributed by atoms with Crippen molar-refractivity contribution >= 4 is 18.0 Å². The molecule has 3 N–H and O–H groups in total. The number of nitrogens with zero attached hydrogens (tertiary/aromatic N) is 1. The van der Waals surface area contributed by atoms with Gasteiger partial charge in [-0.1, -0.05) is 12.2 Å². The molecule has 0 bridgehead atoms. The molecule has 0 aliphatic rings. The predicted molar refractivity (Wildman–Crippen MR) is 33.8 cm³/mol. The monoisotopic (exact) mass is 127 g/mol. The summed E-state index contributed by atoms with van der Waals surface area (Å²) in [6.45, 7) is 0. The van der Waals surface area contributed by atoms with E-state index in [4.69, 9.17) is 18.0 Å². The van der Waals surface area contributed by atoms with Crippen LogP contribution >= 0.6 is 12.2 Å². The Morgan fingerprint density at radius 2 is 2.50 bits per heavy atom. The first-order chi connectivity index (χ1) is 3.79. The van der Waals surface area contributed by atoms with Gasteiger partial charge in [-0.2, -0.15) is 5.10 Å². The molecule has 0 radical (unpaired) electrons. The molecule has 4 heteroatoms. The van der Waals surface area contributed by atoms with E-state index in [1.54, 1.807) is 6.07 Å². The lowest BCUT2D eigenvalue weighted by Gasteiger charge is -1.86. The van der Waals surface area contributed by atoms with Gasteiger partial charge in [0.05, 0.1) is 10.7 Å². The van der Waals surface area contributed by atoms with Crippen molar-refractivity contribution in [3.8, 4) is 0 Å². The second kappa shape index (κ2) is 1.92. The number of hydrogen-bond acceptors (Lipinski definition) is 3. The number of nitrogens with two attached hydrogens (primary N) is 1. The fourth-order valence-corrected chi connectivity index (χ4v) is 0.573.